The Hall–Kier alpha value is -1.80. The third-order valence-corrected chi connectivity index (χ3v) is 3.61. The molecule has 0 saturated carbocycles. The first-order chi connectivity index (χ1) is 8.88. The molecule has 0 radical (unpaired) electrons. The first-order valence-corrected chi connectivity index (χ1v) is 6.46. The highest BCUT2D eigenvalue weighted by molar-refractivity contribution is 5.35. The van der Waals surface area contributed by atoms with E-state index in [1.165, 1.54) is 11.1 Å². The van der Waals surface area contributed by atoms with Crippen molar-refractivity contribution in [1.82, 2.24) is 0 Å². The van der Waals surface area contributed by atoms with E-state index in [0.717, 1.165) is 11.1 Å². The summed E-state index contributed by atoms with van der Waals surface area (Å²) in [5, 5.41) is 19.9. The van der Waals surface area contributed by atoms with Gasteiger partial charge in [0.15, 0.2) is 0 Å². The quantitative estimate of drug-likeness (QED) is 0.883. The van der Waals surface area contributed by atoms with Gasteiger partial charge in [-0.15, -0.1) is 0 Å². The first kappa shape index (κ1) is 13.6. The molecule has 100 valence electrons. The Bertz CT molecular complexity index is 568. The summed E-state index contributed by atoms with van der Waals surface area (Å²) in [7, 11) is 0. The van der Waals surface area contributed by atoms with E-state index < -0.39 is 5.60 Å². The summed E-state index contributed by atoms with van der Waals surface area (Å²) in [4.78, 5) is 0. The number of aryl methyl sites for hydroxylation is 2. The third kappa shape index (κ3) is 3.15. The summed E-state index contributed by atoms with van der Waals surface area (Å²) in [5.74, 6) is 0.245. The van der Waals surface area contributed by atoms with Crippen molar-refractivity contribution in [3.8, 4) is 5.75 Å². The average Bonchev–Trinajstić information content (AvgIpc) is 2.35. The lowest BCUT2D eigenvalue weighted by Gasteiger charge is -2.25. The summed E-state index contributed by atoms with van der Waals surface area (Å²) in [6.07, 6.45) is 0.524. The van der Waals surface area contributed by atoms with Crippen molar-refractivity contribution in [2.24, 2.45) is 0 Å². The number of phenolic OH excluding ortho intramolecular Hbond substituents is 1. The highest BCUT2D eigenvalue weighted by Gasteiger charge is 2.23. The van der Waals surface area contributed by atoms with E-state index in [1.807, 2.05) is 37.3 Å². The molecule has 0 saturated heterocycles. The largest absolute Gasteiger partial charge is 0.508 e. The van der Waals surface area contributed by atoms with Crippen LogP contribution in [0.2, 0.25) is 0 Å². The van der Waals surface area contributed by atoms with Crippen molar-refractivity contribution in [1.29, 1.82) is 0 Å². The van der Waals surface area contributed by atoms with Crippen molar-refractivity contribution in [2.75, 3.05) is 0 Å². The highest BCUT2D eigenvalue weighted by Crippen LogP contribution is 2.27. The van der Waals surface area contributed by atoms with Gasteiger partial charge in [0.1, 0.15) is 5.75 Å². The Morgan fingerprint density at radius 1 is 0.947 bits per heavy atom. The van der Waals surface area contributed by atoms with Crippen LogP contribution < -0.4 is 0 Å². The lowest BCUT2D eigenvalue weighted by molar-refractivity contribution is 0.0575. The molecule has 0 spiro atoms. The topological polar surface area (TPSA) is 40.5 Å². The Morgan fingerprint density at radius 3 is 2.16 bits per heavy atom. The molecular weight excluding hydrogens is 236 g/mol. The molecule has 1 atom stereocenters. The molecule has 0 bridgehead atoms. The molecule has 0 heterocycles. The number of phenols is 1. The predicted octanol–water partition coefficient (Wildman–Crippen LogP) is 3.46. The van der Waals surface area contributed by atoms with Crippen LogP contribution in [0.3, 0.4) is 0 Å². The van der Waals surface area contributed by atoms with Crippen molar-refractivity contribution in [3.05, 3.63) is 64.7 Å². The first-order valence-electron chi connectivity index (χ1n) is 6.46. The second-order valence-electron chi connectivity index (χ2n) is 5.42. The van der Waals surface area contributed by atoms with Gasteiger partial charge >= 0.3 is 0 Å². The zero-order chi connectivity index (χ0) is 14.0. The molecule has 0 fully saturated rings. The number of hydrogen-bond donors (Lipinski definition) is 2. The van der Waals surface area contributed by atoms with Crippen LogP contribution in [-0.2, 0) is 12.0 Å². The van der Waals surface area contributed by atoms with Crippen molar-refractivity contribution < 1.29 is 10.2 Å². The van der Waals surface area contributed by atoms with E-state index >= 15 is 0 Å². The molecular formula is C17H20O2. The van der Waals surface area contributed by atoms with Crippen molar-refractivity contribution in [2.45, 2.75) is 32.8 Å². The molecule has 19 heavy (non-hydrogen) atoms. The number of aliphatic hydroxyl groups is 1. The number of benzene rings is 2. The van der Waals surface area contributed by atoms with Crippen LogP contribution >= 0.6 is 0 Å². The van der Waals surface area contributed by atoms with E-state index in [2.05, 4.69) is 13.8 Å². The minimum atomic E-state index is -0.907. The Balaban J connectivity index is 2.26. The maximum absolute atomic E-state index is 10.7. The Labute approximate surface area is 114 Å². The Morgan fingerprint density at radius 2 is 1.58 bits per heavy atom. The van der Waals surface area contributed by atoms with Crippen LogP contribution in [0.5, 0.6) is 5.75 Å². The molecule has 2 aromatic rings. The van der Waals surface area contributed by atoms with Gasteiger partial charge in [0, 0.05) is 6.42 Å². The molecule has 1 unspecified atom stereocenters. The standard InChI is InChI=1S/C17H20O2/c1-12-4-7-15(10-13(12)2)17(3,19)11-14-5-8-16(18)9-6-14/h4-10,18-19H,11H2,1-3H3. The lowest BCUT2D eigenvalue weighted by Crippen LogP contribution is -2.24. The van der Waals surface area contributed by atoms with Gasteiger partial charge in [0.25, 0.3) is 0 Å². The van der Waals surface area contributed by atoms with E-state index in [9.17, 15) is 10.2 Å². The van der Waals surface area contributed by atoms with Gasteiger partial charge in [0.2, 0.25) is 0 Å². The summed E-state index contributed by atoms with van der Waals surface area (Å²) < 4.78 is 0. The second-order valence-corrected chi connectivity index (χ2v) is 5.42. The van der Waals surface area contributed by atoms with Gasteiger partial charge in [-0.05, 0) is 55.2 Å². The van der Waals surface area contributed by atoms with Crippen molar-refractivity contribution >= 4 is 0 Å². The van der Waals surface area contributed by atoms with Gasteiger partial charge in [-0.25, -0.2) is 0 Å². The van der Waals surface area contributed by atoms with Gasteiger partial charge in [0.05, 0.1) is 5.60 Å². The molecule has 0 aliphatic rings. The molecule has 2 N–H and O–H groups in total. The van der Waals surface area contributed by atoms with Gasteiger partial charge in [-0.1, -0.05) is 30.3 Å². The fourth-order valence-corrected chi connectivity index (χ4v) is 2.19. The average molecular weight is 256 g/mol. The zero-order valence-electron chi connectivity index (χ0n) is 11.6. The molecule has 2 heteroatoms. The predicted molar refractivity (Wildman–Crippen MR) is 77.3 cm³/mol. The van der Waals surface area contributed by atoms with Crippen LogP contribution in [0.15, 0.2) is 42.5 Å². The molecule has 0 aliphatic carbocycles. The summed E-state index contributed by atoms with van der Waals surface area (Å²) in [6, 6.07) is 13.0. The zero-order valence-corrected chi connectivity index (χ0v) is 11.6. The highest BCUT2D eigenvalue weighted by atomic mass is 16.3. The maximum atomic E-state index is 10.7. The normalized spacial score (nSPS) is 14.1. The maximum Gasteiger partial charge on any atom is 0.115 e. The van der Waals surface area contributed by atoms with Crippen LogP contribution in [0.1, 0.15) is 29.2 Å². The number of hydrogen-bond acceptors (Lipinski definition) is 2. The Kier molecular flexibility index (Phi) is 3.63. The van der Waals surface area contributed by atoms with E-state index in [0.29, 0.717) is 6.42 Å². The van der Waals surface area contributed by atoms with Crippen LogP contribution in [0.25, 0.3) is 0 Å². The smallest absolute Gasteiger partial charge is 0.115 e. The lowest BCUT2D eigenvalue weighted by atomic mass is 9.87. The van der Waals surface area contributed by atoms with E-state index in [4.69, 9.17) is 0 Å². The SMILES string of the molecule is Cc1ccc(C(C)(O)Cc2ccc(O)cc2)cc1C. The van der Waals surface area contributed by atoms with E-state index in [1.54, 1.807) is 12.1 Å². The summed E-state index contributed by atoms with van der Waals surface area (Å²) >= 11 is 0. The van der Waals surface area contributed by atoms with Crippen LogP contribution in [0.4, 0.5) is 0 Å². The summed E-state index contributed by atoms with van der Waals surface area (Å²) in [5.41, 5.74) is 3.42. The van der Waals surface area contributed by atoms with Crippen LogP contribution in [-0.4, -0.2) is 10.2 Å². The van der Waals surface area contributed by atoms with E-state index in [-0.39, 0.29) is 5.75 Å². The van der Waals surface area contributed by atoms with Crippen LogP contribution in [0, 0.1) is 13.8 Å². The minimum Gasteiger partial charge on any atom is -0.508 e. The number of rotatable bonds is 3. The fraction of sp³-hybridized carbons (Fsp3) is 0.294. The minimum absolute atomic E-state index is 0.245. The van der Waals surface area contributed by atoms with Gasteiger partial charge < -0.3 is 10.2 Å². The van der Waals surface area contributed by atoms with Crippen molar-refractivity contribution in [3.63, 3.8) is 0 Å². The second kappa shape index (κ2) is 5.06. The third-order valence-electron chi connectivity index (χ3n) is 3.61. The molecule has 0 aromatic heterocycles. The molecule has 2 rings (SSSR count). The molecule has 2 nitrogen and oxygen atoms in total. The van der Waals surface area contributed by atoms with Gasteiger partial charge in [-0.2, -0.15) is 0 Å². The molecule has 0 amide bonds. The summed E-state index contributed by atoms with van der Waals surface area (Å²) in [6.45, 7) is 5.94. The monoisotopic (exact) mass is 256 g/mol. The molecule has 2 aromatic carbocycles. The number of aromatic hydroxyl groups is 1. The fourth-order valence-electron chi connectivity index (χ4n) is 2.19. The molecule has 0 aliphatic heterocycles. The van der Waals surface area contributed by atoms with Gasteiger partial charge in [-0.3, -0.25) is 0 Å².